The number of phenols is 1. The normalized spacial score (nSPS) is 34.5. The van der Waals surface area contributed by atoms with Crippen LogP contribution in [0.1, 0.15) is 59.9 Å². The molecule has 0 amide bonds. The van der Waals surface area contributed by atoms with Crippen molar-refractivity contribution >= 4 is 5.57 Å². The van der Waals surface area contributed by atoms with Crippen molar-refractivity contribution in [1.29, 1.82) is 0 Å². The zero-order valence-electron chi connectivity index (χ0n) is 17.3. The van der Waals surface area contributed by atoms with Gasteiger partial charge in [0.05, 0.1) is 0 Å². The van der Waals surface area contributed by atoms with Crippen molar-refractivity contribution in [2.24, 2.45) is 29.1 Å². The second-order valence-electron chi connectivity index (χ2n) is 10.3. The van der Waals surface area contributed by atoms with Crippen LogP contribution in [0.3, 0.4) is 0 Å². The van der Waals surface area contributed by atoms with Crippen LogP contribution in [-0.4, -0.2) is 5.11 Å². The van der Waals surface area contributed by atoms with Gasteiger partial charge in [0, 0.05) is 0 Å². The topological polar surface area (TPSA) is 20.2 Å². The van der Waals surface area contributed by atoms with Gasteiger partial charge in [-0.25, -0.2) is 0 Å². The van der Waals surface area contributed by atoms with E-state index in [1.165, 1.54) is 54.4 Å². The molecule has 2 aromatic carbocycles. The number of phenolic OH excluding ortho intramolecular Hbond substituents is 1. The Bertz CT molecular complexity index is 960. The van der Waals surface area contributed by atoms with Gasteiger partial charge in [0.2, 0.25) is 0 Å². The molecule has 4 saturated carbocycles. The third kappa shape index (κ3) is 2.08. The summed E-state index contributed by atoms with van der Waals surface area (Å²) >= 11 is 0. The summed E-state index contributed by atoms with van der Waals surface area (Å²) in [5.74, 6) is 4.02. The molecule has 4 aliphatic carbocycles. The minimum Gasteiger partial charge on any atom is -0.507 e. The average Bonchev–Trinajstić information content (AvgIpc) is 3.04. The van der Waals surface area contributed by atoms with Crippen LogP contribution < -0.4 is 0 Å². The molecule has 0 radical (unpaired) electrons. The van der Waals surface area contributed by atoms with Crippen LogP contribution in [-0.2, 0) is 0 Å². The second kappa shape index (κ2) is 5.53. The SMILES string of the molecule is Cc1ccc(C(=C2C3CC4CC5CC2CC45C3)c2cc(C)c(O)c(C)c2)cc1. The van der Waals surface area contributed by atoms with E-state index >= 15 is 0 Å². The lowest BCUT2D eigenvalue weighted by molar-refractivity contribution is 0.00183. The van der Waals surface area contributed by atoms with Crippen LogP contribution in [0.2, 0.25) is 0 Å². The number of benzene rings is 2. The number of fused-ring (bicyclic) bond motifs is 2. The highest BCUT2D eigenvalue weighted by Crippen LogP contribution is 2.77. The Morgan fingerprint density at radius 2 is 1.39 bits per heavy atom. The Kier molecular flexibility index (Phi) is 3.33. The minimum atomic E-state index is 0.447. The Morgan fingerprint density at radius 1 is 0.821 bits per heavy atom. The number of allylic oxidation sites excluding steroid dienone is 1. The molecule has 1 heteroatoms. The van der Waals surface area contributed by atoms with E-state index in [1.807, 2.05) is 13.8 Å². The van der Waals surface area contributed by atoms with Gasteiger partial charge in [0.25, 0.3) is 0 Å². The van der Waals surface area contributed by atoms with Crippen LogP contribution in [0.4, 0.5) is 0 Å². The third-order valence-electron chi connectivity index (χ3n) is 8.87. The highest BCUT2D eigenvalue weighted by atomic mass is 16.3. The molecule has 1 spiro atoms. The van der Waals surface area contributed by atoms with E-state index in [0.29, 0.717) is 5.75 Å². The molecule has 28 heavy (non-hydrogen) atoms. The molecular formula is C27H30O. The molecule has 0 heterocycles. The van der Waals surface area contributed by atoms with E-state index in [9.17, 15) is 5.11 Å². The van der Waals surface area contributed by atoms with Gasteiger partial charge in [-0.1, -0.05) is 35.4 Å². The lowest BCUT2D eigenvalue weighted by Gasteiger charge is -2.49. The first-order valence-electron chi connectivity index (χ1n) is 11.1. The minimum absolute atomic E-state index is 0.447. The Morgan fingerprint density at radius 3 is 1.96 bits per heavy atom. The van der Waals surface area contributed by atoms with Gasteiger partial charge in [0.1, 0.15) is 5.75 Å². The van der Waals surface area contributed by atoms with E-state index in [4.69, 9.17) is 0 Å². The van der Waals surface area contributed by atoms with Gasteiger partial charge >= 0.3 is 0 Å². The first-order chi connectivity index (χ1) is 13.5. The van der Waals surface area contributed by atoms with E-state index < -0.39 is 0 Å². The molecule has 6 rings (SSSR count). The maximum absolute atomic E-state index is 10.4. The molecule has 0 aromatic heterocycles. The maximum atomic E-state index is 10.4. The number of hydrogen-bond acceptors (Lipinski definition) is 1. The van der Waals surface area contributed by atoms with Crippen LogP contribution in [0.15, 0.2) is 42.0 Å². The summed E-state index contributed by atoms with van der Waals surface area (Å²) in [7, 11) is 0. The molecule has 1 nitrogen and oxygen atoms in total. The number of rotatable bonds is 2. The van der Waals surface area contributed by atoms with E-state index in [0.717, 1.165) is 40.2 Å². The van der Waals surface area contributed by atoms with Crippen molar-refractivity contribution in [1.82, 2.24) is 0 Å². The molecular weight excluding hydrogens is 340 g/mol. The Balaban J connectivity index is 1.59. The summed E-state index contributed by atoms with van der Waals surface area (Å²) in [5, 5.41) is 10.4. The molecule has 144 valence electrons. The van der Waals surface area contributed by atoms with Gasteiger partial charge in [0.15, 0.2) is 0 Å². The summed E-state index contributed by atoms with van der Waals surface area (Å²) in [6.45, 7) is 6.24. The van der Waals surface area contributed by atoms with Crippen LogP contribution in [0.5, 0.6) is 5.75 Å². The summed E-state index contributed by atoms with van der Waals surface area (Å²) in [4.78, 5) is 0. The van der Waals surface area contributed by atoms with Crippen molar-refractivity contribution in [3.8, 4) is 5.75 Å². The van der Waals surface area contributed by atoms with Gasteiger partial charge in [-0.2, -0.15) is 0 Å². The lowest BCUT2D eigenvalue weighted by Crippen LogP contribution is -2.41. The molecule has 4 aliphatic rings. The number of aryl methyl sites for hydroxylation is 3. The van der Waals surface area contributed by atoms with Crippen LogP contribution in [0, 0.1) is 49.9 Å². The summed E-state index contributed by atoms with van der Waals surface area (Å²) in [6, 6.07) is 13.6. The molecule has 2 aromatic rings. The fraction of sp³-hybridized carbons (Fsp3) is 0.481. The van der Waals surface area contributed by atoms with E-state index in [1.54, 1.807) is 5.57 Å². The predicted octanol–water partition coefficient (Wildman–Crippen LogP) is 6.58. The first kappa shape index (κ1) is 16.9. The van der Waals surface area contributed by atoms with Gasteiger partial charge in [-0.05, 0) is 122 Å². The molecule has 4 fully saturated rings. The fourth-order valence-corrected chi connectivity index (χ4v) is 7.70. The van der Waals surface area contributed by atoms with Gasteiger partial charge < -0.3 is 5.11 Å². The zero-order chi connectivity index (χ0) is 19.2. The van der Waals surface area contributed by atoms with Crippen LogP contribution >= 0.6 is 0 Å². The van der Waals surface area contributed by atoms with E-state index in [-0.39, 0.29) is 0 Å². The van der Waals surface area contributed by atoms with Crippen LogP contribution in [0.25, 0.3) is 5.57 Å². The molecule has 0 saturated heterocycles. The first-order valence-corrected chi connectivity index (χ1v) is 11.1. The van der Waals surface area contributed by atoms with Crippen molar-refractivity contribution in [3.05, 3.63) is 69.8 Å². The van der Waals surface area contributed by atoms with Gasteiger partial charge in [-0.3, -0.25) is 0 Å². The predicted molar refractivity (Wildman–Crippen MR) is 114 cm³/mol. The highest BCUT2D eigenvalue weighted by molar-refractivity contribution is 5.84. The second-order valence-corrected chi connectivity index (χ2v) is 10.3. The van der Waals surface area contributed by atoms with Crippen molar-refractivity contribution < 1.29 is 5.11 Å². The third-order valence-corrected chi connectivity index (χ3v) is 8.87. The monoisotopic (exact) mass is 370 g/mol. The summed E-state index contributed by atoms with van der Waals surface area (Å²) in [5.41, 5.74) is 9.95. The largest absolute Gasteiger partial charge is 0.507 e. The molecule has 1 N–H and O–H groups in total. The standard InChI is InChI=1S/C27H30O/c1-15-4-6-18(7-5-15)24(19-8-16(2)26(28)17(3)9-19)25-20-10-22-12-23-11-21(25)14-27(22,23)13-20/h4-9,20-23,28H,10-14H2,1-3H3. The lowest BCUT2D eigenvalue weighted by atomic mass is 9.56. The molecule has 4 atom stereocenters. The highest BCUT2D eigenvalue weighted by Gasteiger charge is 2.67. The molecule has 4 unspecified atom stereocenters. The summed E-state index contributed by atoms with van der Waals surface area (Å²) in [6.07, 6.45) is 7.25. The molecule has 3 bridgehead atoms. The Labute approximate surface area is 168 Å². The fourth-order valence-electron chi connectivity index (χ4n) is 7.70. The maximum Gasteiger partial charge on any atom is 0.121 e. The van der Waals surface area contributed by atoms with Crippen molar-refractivity contribution in [2.75, 3.05) is 0 Å². The average molecular weight is 371 g/mol. The van der Waals surface area contributed by atoms with Crippen molar-refractivity contribution in [2.45, 2.75) is 52.9 Å². The zero-order valence-corrected chi connectivity index (χ0v) is 17.3. The van der Waals surface area contributed by atoms with Crippen molar-refractivity contribution in [3.63, 3.8) is 0 Å². The summed E-state index contributed by atoms with van der Waals surface area (Å²) < 4.78 is 0. The Hall–Kier alpha value is -2.02. The smallest absolute Gasteiger partial charge is 0.121 e. The number of aromatic hydroxyl groups is 1. The number of hydrogen-bond donors (Lipinski definition) is 1. The van der Waals surface area contributed by atoms with Gasteiger partial charge in [-0.15, -0.1) is 0 Å². The van der Waals surface area contributed by atoms with E-state index in [2.05, 4.69) is 43.3 Å². The molecule has 0 aliphatic heterocycles. The quantitative estimate of drug-likeness (QED) is 0.633.